The Balaban J connectivity index is 1.97. The van der Waals surface area contributed by atoms with E-state index in [2.05, 4.69) is 0 Å². The molecular weight excluding hydrogens is 214 g/mol. The lowest BCUT2D eigenvalue weighted by molar-refractivity contribution is -0.132. The zero-order chi connectivity index (χ0) is 10.7. The van der Waals surface area contributed by atoms with E-state index in [0.717, 1.165) is 18.4 Å². The molecule has 1 fully saturated rings. The monoisotopic (exact) mass is 227 g/mol. The number of furan rings is 1. The molecule has 4 heteroatoms. The minimum absolute atomic E-state index is 0.147. The summed E-state index contributed by atoms with van der Waals surface area (Å²) in [6.07, 6.45) is 5.98. The van der Waals surface area contributed by atoms with Gasteiger partial charge in [-0.15, -0.1) is 11.6 Å². The average Bonchev–Trinajstić information content (AvgIpc) is 2.93. The van der Waals surface area contributed by atoms with Crippen LogP contribution in [0, 0.1) is 0 Å². The molecule has 1 heterocycles. The van der Waals surface area contributed by atoms with Gasteiger partial charge in [-0.05, 0) is 18.9 Å². The third-order valence-electron chi connectivity index (χ3n) is 2.55. The highest BCUT2D eigenvalue weighted by Gasteiger charge is 2.32. The Labute approximate surface area is 94.0 Å². The van der Waals surface area contributed by atoms with Gasteiger partial charge in [0.2, 0.25) is 5.91 Å². The Kier molecular flexibility index (Phi) is 3.31. The number of hydrogen-bond acceptors (Lipinski definition) is 2. The van der Waals surface area contributed by atoms with Gasteiger partial charge in [-0.2, -0.15) is 0 Å². The van der Waals surface area contributed by atoms with Crippen molar-refractivity contribution in [2.45, 2.75) is 31.8 Å². The van der Waals surface area contributed by atoms with Crippen molar-refractivity contribution in [1.82, 2.24) is 4.90 Å². The van der Waals surface area contributed by atoms with Crippen LogP contribution in [0.2, 0.25) is 0 Å². The van der Waals surface area contributed by atoms with Crippen LogP contribution in [-0.4, -0.2) is 22.7 Å². The first-order valence-corrected chi connectivity index (χ1v) is 5.71. The number of carbonyl (C=O) groups excluding carboxylic acids is 1. The highest BCUT2D eigenvalue weighted by atomic mass is 35.5. The maximum atomic E-state index is 11.8. The number of nitrogens with zero attached hydrogens (tertiary/aromatic N) is 1. The highest BCUT2D eigenvalue weighted by molar-refractivity contribution is 6.18. The predicted molar refractivity (Wildman–Crippen MR) is 57.6 cm³/mol. The molecule has 3 nitrogen and oxygen atoms in total. The first kappa shape index (κ1) is 10.6. The maximum Gasteiger partial charge on any atom is 0.224 e. The number of alkyl halides is 1. The lowest BCUT2D eigenvalue weighted by Crippen LogP contribution is -2.32. The minimum Gasteiger partial charge on any atom is -0.472 e. The molecule has 1 aliphatic rings. The Hall–Kier alpha value is -0.960. The fourth-order valence-corrected chi connectivity index (χ4v) is 1.77. The smallest absolute Gasteiger partial charge is 0.224 e. The molecule has 15 heavy (non-hydrogen) atoms. The van der Waals surface area contributed by atoms with Crippen LogP contribution in [0.4, 0.5) is 0 Å². The molecule has 0 bridgehead atoms. The van der Waals surface area contributed by atoms with E-state index < -0.39 is 0 Å². The molecule has 1 amide bonds. The van der Waals surface area contributed by atoms with Crippen LogP contribution in [-0.2, 0) is 11.3 Å². The molecule has 0 aliphatic heterocycles. The summed E-state index contributed by atoms with van der Waals surface area (Å²) in [7, 11) is 0. The van der Waals surface area contributed by atoms with Crippen LogP contribution < -0.4 is 0 Å². The Morgan fingerprint density at radius 2 is 2.40 bits per heavy atom. The van der Waals surface area contributed by atoms with E-state index in [-0.39, 0.29) is 5.91 Å². The number of carbonyl (C=O) groups is 1. The molecule has 1 aromatic rings. The topological polar surface area (TPSA) is 33.5 Å². The maximum absolute atomic E-state index is 11.8. The molecule has 0 aromatic carbocycles. The van der Waals surface area contributed by atoms with Crippen LogP contribution in [0.15, 0.2) is 23.0 Å². The summed E-state index contributed by atoms with van der Waals surface area (Å²) in [4.78, 5) is 13.7. The average molecular weight is 228 g/mol. The summed E-state index contributed by atoms with van der Waals surface area (Å²) >= 11 is 5.58. The van der Waals surface area contributed by atoms with E-state index in [9.17, 15) is 4.79 Å². The van der Waals surface area contributed by atoms with Gasteiger partial charge in [0.1, 0.15) is 0 Å². The molecule has 0 radical (unpaired) electrons. The van der Waals surface area contributed by atoms with E-state index in [1.54, 1.807) is 12.5 Å². The number of amides is 1. The largest absolute Gasteiger partial charge is 0.472 e. The molecule has 1 aliphatic carbocycles. The summed E-state index contributed by atoms with van der Waals surface area (Å²) in [6.45, 7) is 0.650. The van der Waals surface area contributed by atoms with Crippen molar-refractivity contribution in [3.05, 3.63) is 24.2 Å². The second-order valence-corrected chi connectivity index (χ2v) is 4.20. The molecule has 0 atom stereocenters. The van der Waals surface area contributed by atoms with Gasteiger partial charge in [-0.1, -0.05) is 0 Å². The summed E-state index contributed by atoms with van der Waals surface area (Å²) in [6, 6.07) is 2.32. The summed E-state index contributed by atoms with van der Waals surface area (Å²) in [5.74, 6) is 0.543. The minimum atomic E-state index is 0.147. The number of hydrogen-bond donors (Lipinski definition) is 0. The zero-order valence-electron chi connectivity index (χ0n) is 8.49. The quantitative estimate of drug-likeness (QED) is 0.724. The van der Waals surface area contributed by atoms with Crippen LogP contribution >= 0.6 is 11.6 Å². The molecule has 0 unspecified atom stereocenters. The molecule has 0 spiro atoms. The molecule has 82 valence electrons. The normalized spacial score (nSPS) is 15.3. The highest BCUT2D eigenvalue weighted by Crippen LogP contribution is 2.29. The standard InChI is InChI=1S/C11H14ClNO2/c12-5-3-11(14)13(10-1-2-10)7-9-4-6-15-8-9/h4,6,8,10H,1-3,5,7H2. The van der Waals surface area contributed by atoms with Gasteiger partial charge >= 0.3 is 0 Å². The van der Waals surface area contributed by atoms with Gasteiger partial charge in [0.25, 0.3) is 0 Å². The van der Waals surface area contributed by atoms with Gasteiger partial charge < -0.3 is 9.32 Å². The molecule has 1 aromatic heterocycles. The lowest BCUT2D eigenvalue weighted by Gasteiger charge is -2.21. The van der Waals surface area contributed by atoms with Crippen molar-refractivity contribution < 1.29 is 9.21 Å². The second kappa shape index (κ2) is 4.71. The van der Waals surface area contributed by atoms with E-state index >= 15 is 0 Å². The van der Waals surface area contributed by atoms with Crippen molar-refractivity contribution in [1.29, 1.82) is 0 Å². The SMILES string of the molecule is O=C(CCCl)N(Cc1ccoc1)C1CC1. The van der Waals surface area contributed by atoms with Gasteiger partial charge in [-0.3, -0.25) is 4.79 Å². The van der Waals surface area contributed by atoms with Crippen LogP contribution in [0.5, 0.6) is 0 Å². The first-order valence-electron chi connectivity index (χ1n) is 5.18. The van der Waals surface area contributed by atoms with Crippen molar-refractivity contribution in [2.75, 3.05) is 5.88 Å². The first-order chi connectivity index (χ1) is 7.31. The van der Waals surface area contributed by atoms with Gasteiger partial charge in [0.05, 0.1) is 12.5 Å². The Morgan fingerprint density at radius 3 is 2.93 bits per heavy atom. The summed E-state index contributed by atoms with van der Waals surface area (Å²) in [5.41, 5.74) is 1.05. The van der Waals surface area contributed by atoms with E-state index in [1.165, 1.54) is 0 Å². The molecule has 0 N–H and O–H groups in total. The molecule has 2 rings (SSSR count). The van der Waals surface area contributed by atoms with Crippen molar-refractivity contribution in [3.8, 4) is 0 Å². The van der Waals surface area contributed by atoms with Crippen LogP contribution in [0.3, 0.4) is 0 Å². The third-order valence-corrected chi connectivity index (χ3v) is 2.74. The van der Waals surface area contributed by atoms with Gasteiger partial charge in [0, 0.05) is 30.5 Å². The van der Waals surface area contributed by atoms with Crippen molar-refractivity contribution >= 4 is 17.5 Å². The van der Waals surface area contributed by atoms with Crippen LogP contribution in [0.1, 0.15) is 24.8 Å². The molecule has 1 saturated carbocycles. The van der Waals surface area contributed by atoms with E-state index in [1.807, 2.05) is 11.0 Å². The third kappa shape index (κ3) is 2.75. The second-order valence-electron chi connectivity index (χ2n) is 3.82. The van der Waals surface area contributed by atoms with Crippen molar-refractivity contribution in [2.24, 2.45) is 0 Å². The van der Waals surface area contributed by atoms with E-state index in [0.29, 0.717) is 24.9 Å². The summed E-state index contributed by atoms with van der Waals surface area (Å²) < 4.78 is 4.99. The summed E-state index contributed by atoms with van der Waals surface area (Å²) in [5, 5.41) is 0. The Bertz CT molecular complexity index is 319. The predicted octanol–water partition coefficient (Wildman–Crippen LogP) is 2.40. The van der Waals surface area contributed by atoms with Gasteiger partial charge in [-0.25, -0.2) is 0 Å². The molecular formula is C11H14ClNO2. The zero-order valence-corrected chi connectivity index (χ0v) is 9.24. The number of rotatable bonds is 5. The lowest BCUT2D eigenvalue weighted by atomic mass is 10.3. The number of halogens is 1. The fourth-order valence-electron chi connectivity index (χ4n) is 1.61. The van der Waals surface area contributed by atoms with Crippen LogP contribution in [0.25, 0.3) is 0 Å². The fraction of sp³-hybridized carbons (Fsp3) is 0.545. The molecule has 0 saturated heterocycles. The van der Waals surface area contributed by atoms with Crippen molar-refractivity contribution in [3.63, 3.8) is 0 Å². The Morgan fingerprint density at radius 1 is 1.60 bits per heavy atom. The van der Waals surface area contributed by atoms with Gasteiger partial charge in [0.15, 0.2) is 0 Å². The van der Waals surface area contributed by atoms with E-state index in [4.69, 9.17) is 16.0 Å².